The van der Waals surface area contributed by atoms with Crippen molar-refractivity contribution in [3.63, 3.8) is 0 Å². The van der Waals surface area contributed by atoms with Gasteiger partial charge in [0.15, 0.2) is 0 Å². The molecule has 7 nitrogen and oxygen atoms in total. The predicted octanol–water partition coefficient (Wildman–Crippen LogP) is 3.87. The lowest BCUT2D eigenvalue weighted by atomic mass is 10.1. The second-order valence-electron chi connectivity index (χ2n) is 8.12. The Bertz CT molecular complexity index is 1290. The fraction of sp³-hybridized carbons (Fsp3) is 0.292. The number of carbonyl (C=O) groups is 2. The lowest BCUT2D eigenvalue weighted by Gasteiger charge is -2.24. The first-order chi connectivity index (χ1) is 15.6. The molecule has 3 heterocycles. The van der Waals surface area contributed by atoms with Crippen LogP contribution in [0.5, 0.6) is 0 Å². The van der Waals surface area contributed by atoms with Gasteiger partial charge < -0.3 is 15.2 Å². The number of amides is 2. The molecule has 32 heavy (non-hydrogen) atoms. The van der Waals surface area contributed by atoms with E-state index in [1.54, 1.807) is 11.1 Å². The van der Waals surface area contributed by atoms with Gasteiger partial charge in [0.1, 0.15) is 6.04 Å². The van der Waals surface area contributed by atoms with Crippen molar-refractivity contribution >= 4 is 45.2 Å². The number of aromatic amines is 1. The van der Waals surface area contributed by atoms with Gasteiger partial charge in [0.05, 0.1) is 16.7 Å². The van der Waals surface area contributed by atoms with Crippen LogP contribution >= 0.6 is 11.6 Å². The molecule has 2 aromatic heterocycles. The number of para-hydroxylation sites is 1. The number of aromatic nitrogens is 3. The highest BCUT2D eigenvalue weighted by molar-refractivity contribution is 6.35. The third-order valence-electron chi connectivity index (χ3n) is 6.13. The highest BCUT2D eigenvalue weighted by Gasteiger charge is 2.36. The Morgan fingerprint density at radius 1 is 1.19 bits per heavy atom. The summed E-state index contributed by atoms with van der Waals surface area (Å²) in [6, 6.07) is 13.3. The van der Waals surface area contributed by atoms with E-state index < -0.39 is 6.04 Å². The van der Waals surface area contributed by atoms with Crippen LogP contribution in [0.1, 0.15) is 24.8 Å². The summed E-state index contributed by atoms with van der Waals surface area (Å²) in [6.45, 7) is 1.63. The molecule has 0 saturated carbocycles. The zero-order chi connectivity index (χ0) is 22.1. The first-order valence-electron chi connectivity index (χ1n) is 10.8. The summed E-state index contributed by atoms with van der Waals surface area (Å²) < 4.78 is 1.90. The van der Waals surface area contributed by atoms with Gasteiger partial charge in [-0.3, -0.25) is 14.3 Å². The maximum Gasteiger partial charge on any atom is 0.242 e. The van der Waals surface area contributed by atoms with Crippen molar-refractivity contribution < 1.29 is 9.59 Å². The monoisotopic (exact) mass is 449 g/mol. The topological polar surface area (TPSA) is 83.0 Å². The third-order valence-corrected chi connectivity index (χ3v) is 6.46. The second-order valence-corrected chi connectivity index (χ2v) is 8.53. The zero-order valence-electron chi connectivity index (χ0n) is 17.6. The minimum absolute atomic E-state index is 0.0234. The summed E-state index contributed by atoms with van der Waals surface area (Å²) in [5.41, 5.74) is 3.04. The van der Waals surface area contributed by atoms with E-state index in [-0.39, 0.29) is 11.8 Å². The largest absolute Gasteiger partial charge is 0.361 e. The number of hydrogen-bond donors (Lipinski definition) is 2. The molecule has 5 rings (SSSR count). The lowest BCUT2D eigenvalue weighted by Crippen LogP contribution is -2.44. The van der Waals surface area contributed by atoms with Crippen molar-refractivity contribution in [1.82, 2.24) is 25.0 Å². The molecule has 1 aliphatic heterocycles. The molecule has 2 amide bonds. The van der Waals surface area contributed by atoms with Crippen LogP contribution < -0.4 is 5.32 Å². The van der Waals surface area contributed by atoms with Gasteiger partial charge in [-0.25, -0.2) is 0 Å². The molecule has 2 aromatic carbocycles. The number of nitrogens with zero attached hydrogens (tertiary/aromatic N) is 3. The Morgan fingerprint density at radius 3 is 2.97 bits per heavy atom. The van der Waals surface area contributed by atoms with Gasteiger partial charge in [-0.05, 0) is 36.6 Å². The Balaban J connectivity index is 1.19. The first kappa shape index (κ1) is 20.6. The molecule has 0 radical (unpaired) electrons. The minimum atomic E-state index is -0.430. The third kappa shape index (κ3) is 3.84. The van der Waals surface area contributed by atoms with Crippen LogP contribution in [0.4, 0.5) is 0 Å². The summed E-state index contributed by atoms with van der Waals surface area (Å²) in [5.74, 6) is -0.0700. The molecular weight excluding hydrogens is 426 g/mol. The van der Waals surface area contributed by atoms with Crippen molar-refractivity contribution in [1.29, 1.82) is 0 Å². The number of carbonyl (C=O) groups excluding carboxylic acids is 2. The van der Waals surface area contributed by atoms with Crippen molar-refractivity contribution in [3.05, 3.63) is 65.4 Å². The fourth-order valence-corrected chi connectivity index (χ4v) is 4.67. The Kier molecular flexibility index (Phi) is 5.57. The standard InChI is InChI=1S/C24H24ClN5O2/c25-19-6-3-8-21-18(19)14-28-30(21)12-4-11-26-24(32)22-9-10-23(31)29(22)15-16-13-27-20-7-2-1-5-17(16)20/h1-3,5-8,13-14,22,27H,4,9-12,15H2,(H,26,32). The Morgan fingerprint density at radius 2 is 2.06 bits per heavy atom. The van der Waals surface area contributed by atoms with Crippen LogP contribution in [-0.4, -0.2) is 44.1 Å². The number of likely N-dealkylation sites (tertiary alicyclic amines) is 1. The molecule has 8 heteroatoms. The maximum atomic E-state index is 12.9. The molecule has 0 bridgehead atoms. The fourth-order valence-electron chi connectivity index (χ4n) is 4.45. The van der Waals surface area contributed by atoms with E-state index in [9.17, 15) is 9.59 Å². The molecule has 2 N–H and O–H groups in total. The van der Waals surface area contributed by atoms with Crippen LogP contribution in [0.3, 0.4) is 0 Å². The molecule has 1 saturated heterocycles. The first-order valence-corrected chi connectivity index (χ1v) is 11.2. The average Bonchev–Trinajstić information content (AvgIpc) is 3.50. The van der Waals surface area contributed by atoms with Crippen LogP contribution in [0.25, 0.3) is 21.8 Å². The molecule has 1 atom stereocenters. The SMILES string of the molecule is O=C(NCCCn1ncc2c(Cl)cccc21)C1CCC(=O)N1Cc1c[nH]c2ccccc12. The van der Waals surface area contributed by atoms with E-state index in [2.05, 4.69) is 15.4 Å². The van der Waals surface area contributed by atoms with Gasteiger partial charge in [0.2, 0.25) is 11.8 Å². The van der Waals surface area contributed by atoms with Crippen LogP contribution in [0.2, 0.25) is 5.02 Å². The van der Waals surface area contributed by atoms with E-state index in [1.807, 2.05) is 53.3 Å². The van der Waals surface area contributed by atoms with E-state index in [0.717, 1.165) is 33.8 Å². The minimum Gasteiger partial charge on any atom is -0.361 e. The molecule has 0 aliphatic carbocycles. The van der Waals surface area contributed by atoms with Crippen molar-refractivity contribution in [2.24, 2.45) is 0 Å². The van der Waals surface area contributed by atoms with Crippen LogP contribution in [0.15, 0.2) is 54.9 Å². The molecule has 1 fully saturated rings. The Hall–Kier alpha value is -3.32. The summed E-state index contributed by atoms with van der Waals surface area (Å²) in [6.07, 6.45) is 5.38. The number of aryl methyl sites for hydroxylation is 1. The molecule has 164 valence electrons. The number of fused-ring (bicyclic) bond motifs is 2. The summed E-state index contributed by atoms with van der Waals surface area (Å²) in [4.78, 5) is 30.3. The second kappa shape index (κ2) is 8.67. The van der Waals surface area contributed by atoms with E-state index in [4.69, 9.17) is 11.6 Å². The molecule has 1 aliphatic rings. The van der Waals surface area contributed by atoms with Crippen molar-refractivity contribution in [2.45, 2.75) is 38.4 Å². The van der Waals surface area contributed by atoms with Gasteiger partial charge in [0.25, 0.3) is 0 Å². The molecule has 4 aromatic rings. The van der Waals surface area contributed by atoms with Gasteiger partial charge in [-0.2, -0.15) is 5.10 Å². The average molecular weight is 450 g/mol. The number of hydrogen-bond acceptors (Lipinski definition) is 3. The number of halogens is 1. The predicted molar refractivity (Wildman–Crippen MR) is 124 cm³/mol. The van der Waals surface area contributed by atoms with Gasteiger partial charge >= 0.3 is 0 Å². The number of H-pyrrole nitrogens is 1. The normalized spacial score (nSPS) is 16.3. The van der Waals surface area contributed by atoms with Gasteiger partial charge in [-0.1, -0.05) is 35.9 Å². The lowest BCUT2D eigenvalue weighted by molar-refractivity contribution is -0.135. The molecule has 0 spiro atoms. The summed E-state index contributed by atoms with van der Waals surface area (Å²) in [7, 11) is 0. The van der Waals surface area contributed by atoms with Crippen molar-refractivity contribution in [3.8, 4) is 0 Å². The van der Waals surface area contributed by atoms with Gasteiger partial charge in [-0.15, -0.1) is 0 Å². The molecule has 1 unspecified atom stereocenters. The number of nitrogens with one attached hydrogen (secondary N) is 2. The highest BCUT2D eigenvalue weighted by atomic mass is 35.5. The Labute approximate surface area is 190 Å². The number of benzene rings is 2. The maximum absolute atomic E-state index is 12.9. The number of rotatable bonds is 7. The smallest absolute Gasteiger partial charge is 0.242 e. The van der Waals surface area contributed by atoms with Crippen LogP contribution in [0, 0.1) is 0 Å². The van der Waals surface area contributed by atoms with E-state index >= 15 is 0 Å². The van der Waals surface area contributed by atoms with Crippen LogP contribution in [-0.2, 0) is 22.7 Å². The zero-order valence-corrected chi connectivity index (χ0v) is 18.3. The van der Waals surface area contributed by atoms with Gasteiger partial charge in [0, 0.05) is 48.5 Å². The highest BCUT2D eigenvalue weighted by Crippen LogP contribution is 2.26. The van der Waals surface area contributed by atoms with Crippen molar-refractivity contribution in [2.75, 3.05) is 6.54 Å². The molecular formula is C24H24ClN5O2. The quantitative estimate of drug-likeness (QED) is 0.420. The van der Waals surface area contributed by atoms with E-state index in [0.29, 0.717) is 37.5 Å². The summed E-state index contributed by atoms with van der Waals surface area (Å²) >= 11 is 6.21. The summed E-state index contributed by atoms with van der Waals surface area (Å²) in [5, 5.41) is 10.1. The van der Waals surface area contributed by atoms with E-state index in [1.165, 1.54) is 0 Å².